The molecule has 10 aromatic rings. The molecule has 0 radical (unpaired) electrons. The van der Waals surface area contributed by atoms with Crippen LogP contribution < -0.4 is 0 Å². The normalized spacial score (nSPS) is 11.6. The van der Waals surface area contributed by atoms with E-state index in [1.54, 1.807) is 0 Å². The zero-order valence-electron chi connectivity index (χ0n) is 27.0. The van der Waals surface area contributed by atoms with Crippen molar-refractivity contribution in [1.82, 2.24) is 14.5 Å². The molecule has 0 amide bonds. The van der Waals surface area contributed by atoms with Gasteiger partial charge in [0.15, 0.2) is 5.82 Å². The molecule has 4 heteroatoms. The number of hydrogen-bond acceptors (Lipinski definition) is 3. The van der Waals surface area contributed by atoms with Crippen LogP contribution in [0.5, 0.6) is 0 Å². The molecule has 0 unspecified atom stereocenters. The molecule has 0 fully saturated rings. The van der Waals surface area contributed by atoms with Gasteiger partial charge < -0.3 is 4.57 Å². The van der Waals surface area contributed by atoms with Crippen molar-refractivity contribution in [1.29, 1.82) is 0 Å². The molecule has 0 spiro atoms. The molecule has 234 valence electrons. The van der Waals surface area contributed by atoms with E-state index in [1.165, 1.54) is 47.6 Å². The fraction of sp³-hybridized carbons (Fsp3) is 0. The summed E-state index contributed by atoms with van der Waals surface area (Å²) >= 11 is 1.83. The largest absolute Gasteiger partial charge is 0.309 e. The molecule has 7 aromatic carbocycles. The molecule has 0 aliphatic rings. The Hall–Kier alpha value is -6.36. The van der Waals surface area contributed by atoms with Gasteiger partial charge in [0, 0.05) is 53.3 Å². The molecule has 0 aliphatic carbocycles. The van der Waals surface area contributed by atoms with Crippen molar-refractivity contribution in [2.75, 3.05) is 0 Å². The van der Waals surface area contributed by atoms with Crippen molar-refractivity contribution in [2.45, 2.75) is 0 Å². The Labute approximate surface area is 293 Å². The smallest absolute Gasteiger partial charge is 0.160 e. The summed E-state index contributed by atoms with van der Waals surface area (Å²) in [5, 5.41) is 4.91. The van der Waals surface area contributed by atoms with Gasteiger partial charge in [-0.15, -0.1) is 11.3 Å². The van der Waals surface area contributed by atoms with Crippen LogP contribution in [0, 0.1) is 0 Å². The second-order valence-electron chi connectivity index (χ2n) is 12.6. The minimum absolute atomic E-state index is 0.707. The first-order chi connectivity index (χ1) is 24.8. The quantitative estimate of drug-likeness (QED) is 0.185. The fourth-order valence-corrected chi connectivity index (χ4v) is 8.56. The third-order valence-electron chi connectivity index (χ3n) is 9.64. The van der Waals surface area contributed by atoms with Gasteiger partial charge in [-0.05, 0) is 47.5 Å². The predicted octanol–water partition coefficient (Wildman–Crippen LogP) is 12.6. The molecule has 0 atom stereocenters. The third-order valence-corrected chi connectivity index (χ3v) is 10.9. The molecule has 0 saturated carbocycles. The van der Waals surface area contributed by atoms with Crippen molar-refractivity contribution in [3.05, 3.63) is 176 Å². The minimum Gasteiger partial charge on any atom is -0.309 e. The summed E-state index contributed by atoms with van der Waals surface area (Å²) in [6, 6.07) is 62.4. The lowest BCUT2D eigenvalue weighted by Gasteiger charge is -2.12. The molecular formula is C46H29N3S. The van der Waals surface area contributed by atoms with Gasteiger partial charge in [0.1, 0.15) is 0 Å². The first kappa shape index (κ1) is 28.6. The summed E-state index contributed by atoms with van der Waals surface area (Å²) in [6.07, 6.45) is 0. The Balaban J connectivity index is 1.23. The highest BCUT2D eigenvalue weighted by Crippen LogP contribution is 2.42. The summed E-state index contributed by atoms with van der Waals surface area (Å²) in [4.78, 5) is 10.7. The van der Waals surface area contributed by atoms with E-state index in [1.807, 2.05) is 17.4 Å². The zero-order valence-corrected chi connectivity index (χ0v) is 27.8. The molecule has 3 aromatic heterocycles. The van der Waals surface area contributed by atoms with E-state index < -0.39 is 0 Å². The molecule has 0 bridgehead atoms. The zero-order chi connectivity index (χ0) is 33.0. The van der Waals surface area contributed by atoms with Crippen LogP contribution in [0.2, 0.25) is 0 Å². The highest BCUT2D eigenvalue weighted by Gasteiger charge is 2.20. The Morgan fingerprint density at radius 1 is 0.420 bits per heavy atom. The number of thiophene rings is 1. The third kappa shape index (κ3) is 4.65. The predicted molar refractivity (Wildman–Crippen MR) is 211 cm³/mol. The fourth-order valence-electron chi connectivity index (χ4n) is 7.33. The maximum absolute atomic E-state index is 5.35. The highest BCUT2D eigenvalue weighted by molar-refractivity contribution is 7.26. The van der Waals surface area contributed by atoms with E-state index in [4.69, 9.17) is 9.97 Å². The first-order valence-electron chi connectivity index (χ1n) is 16.8. The Morgan fingerprint density at radius 2 is 1.00 bits per heavy atom. The topological polar surface area (TPSA) is 30.7 Å². The number of aromatic nitrogens is 3. The summed E-state index contributed by atoms with van der Waals surface area (Å²) in [5.74, 6) is 0.707. The van der Waals surface area contributed by atoms with Gasteiger partial charge in [-0.1, -0.05) is 140 Å². The van der Waals surface area contributed by atoms with Crippen molar-refractivity contribution >= 4 is 53.3 Å². The number of para-hydroxylation sites is 2. The monoisotopic (exact) mass is 655 g/mol. The average Bonchev–Trinajstić information content (AvgIpc) is 3.75. The summed E-state index contributed by atoms with van der Waals surface area (Å²) in [7, 11) is 0. The van der Waals surface area contributed by atoms with Crippen LogP contribution in [-0.2, 0) is 0 Å². The lowest BCUT2D eigenvalue weighted by atomic mass is 10.0. The standard InChI is InChI=1S/C46H29N3S/c1-3-13-30(14-4-1)31-25-27-32(28-26-31)46-47-39(29-40(48-46)37-21-11-19-35-34-17-8-10-24-43(34)50-45(35)37)36-20-12-23-42-44(36)38-18-7-9-22-41(38)49(42)33-15-5-2-6-16-33/h1-29H. The maximum atomic E-state index is 5.35. The van der Waals surface area contributed by atoms with Gasteiger partial charge in [-0.2, -0.15) is 0 Å². The SMILES string of the molecule is c1ccc(-c2ccc(-c3nc(-c4cccc5c4sc4ccccc45)cc(-c4cccc5c4c4ccccc4n5-c4ccccc4)n3)cc2)cc1. The lowest BCUT2D eigenvalue weighted by molar-refractivity contribution is 1.18. The van der Waals surface area contributed by atoms with Crippen LogP contribution in [-0.4, -0.2) is 14.5 Å². The summed E-state index contributed by atoms with van der Waals surface area (Å²) in [6.45, 7) is 0. The minimum atomic E-state index is 0.707. The van der Waals surface area contributed by atoms with Gasteiger partial charge >= 0.3 is 0 Å². The van der Waals surface area contributed by atoms with Crippen LogP contribution >= 0.6 is 11.3 Å². The Morgan fingerprint density at radius 3 is 1.82 bits per heavy atom. The number of benzene rings is 7. The molecule has 0 saturated heterocycles. The van der Waals surface area contributed by atoms with E-state index in [-0.39, 0.29) is 0 Å². The van der Waals surface area contributed by atoms with Crippen LogP contribution in [0.4, 0.5) is 0 Å². The molecule has 50 heavy (non-hydrogen) atoms. The van der Waals surface area contributed by atoms with E-state index in [2.05, 4.69) is 174 Å². The molecule has 10 rings (SSSR count). The number of fused-ring (bicyclic) bond motifs is 6. The van der Waals surface area contributed by atoms with Crippen molar-refractivity contribution in [3.63, 3.8) is 0 Å². The summed E-state index contributed by atoms with van der Waals surface area (Å²) < 4.78 is 4.87. The van der Waals surface area contributed by atoms with Crippen LogP contribution in [0.3, 0.4) is 0 Å². The number of rotatable bonds is 5. The van der Waals surface area contributed by atoms with Crippen LogP contribution in [0.1, 0.15) is 0 Å². The van der Waals surface area contributed by atoms with Crippen LogP contribution in [0.25, 0.3) is 92.7 Å². The number of hydrogen-bond donors (Lipinski definition) is 0. The molecule has 0 aliphatic heterocycles. The Kier molecular flexibility index (Phi) is 6.68. The second kappa shape index (κ2) is 11.7. The molecule has 3 heterocycles. The van der Waals surface area contributed by atoms with Gasteiger partial charge in [0.25, 0.3) is 0 Å². The highest BCUT2D eigenvalue weighted by atomic mass is 32.1. The average molecular weight is 656 g/mol. The molecule has 3 nitrogen and oxygen atoms in total. The van der Waals surface area contributed by atoms with E-state index in [0.29, 0.717) is 5.82 Å². The number of nitrogens with zero attached hydrogens (tertiary/aromatic N) is 3. The van der Waals surface area contributed by atoms with Gasteiger partial charge in [-0.25, -0.2) is 9.97 Å². The van der Waals surface area contributed by atoms with Gasteiger partial charge in [0.05, 0.1) is 22.4 Å². The maximum Gasteiger partial charge on any atom is 0.160 e. The van der Waals surface area contributed by atoms with E-state index in [0.717, 1.165) is 39.3 Å². The van der Waals surface area contributed by atoms with Crippen LogP contribution in [0.15, 0.2) is 176 Å². The van der Waals surface area contributed by atoms with Crippen molar-refractivity contribution < 1.29 is 0 Å². The van der Waals surface area contributed by atoms with E-state index >= 15 is 0 Å². The summed E-state index contributed by atoms with van der Waals surface area (Å²) in [5.41, 5.74) is 10.8. The van der Waals surface area contributed by atoms with Gasteiger partial charge in [-0.3, -0.25) is 0 Å². The second-order valence-corrected chi connectivity index (χ2v) is 13.6. The lowest BCUT2D eigenvalue weighted by Crippen LogP contribution is -1.97. The van der Waals surface area contributed by atoms with Crippen molar-refractivity contribution in [2.24, 2.45) is 0 Å². The van der Waals surface area contributed by atoms with E-state index in [9.17, 15) is 0 Å². The first-order valence-corrected chi connectivity index (χ1v) is 17.7. The Bertz CT molecular complexity index is 2850. The molecular weight excluding hydrogens is 627 g/mol. The van der Waals surface area contributed by atoms with Gasteiger partial charge in [0.2, 0.25) is 0 Å². The molecule has 0 N–H and O–H groups in total. The van der Waals surface area contributed by atoms with Crippen molar-refractivity contribution in [3.8, 4) is 50.7 Å².